The highest BCUT2D eigenvalue weighted by Crippen LogP contribution is 2.32. The number of anilines is 1. The summed E-state index contributed by atoms with van der Waals surface area (Å²) in [5.41, 5.74) is 4.07. The number of fused-ring (bicyclic) bond motifs is 1. The van der Waals surface area contributed by atoms with Crippen molar-refractivity contribution in [2.24, 2.45) is 5.92 Å². The normalized spacial score (nSPS) is 22.5. The molecule has 3 N–H and O–H groups in total. The van der Waals surface area contributed by atoms with Gasteiger partial charge in [0.2, 0.25) is 0 Å². The first-order valence-electron chi connectivity index (χ1n) is 9.44. The first-order valence-corrected chi connectivity index (χ1v) is 9.44. The van der Waals surface area contributed by atoms with Gasteiger partial charge in [0.1, 0.15) is 0 Å². The van der Waals surface area contributed by atoms with Crippen molar-refractivity contribution in [2.45, 2.75) is 44.2 Å². The lowest BCUT2D eigenvalue weighted by atomic mass is 9.75. The smallest absolute Gasteiger partial charge is 0.253 e. The molecule has 136 valence electrons. The van der Waals surface area contributed by atoms with Gasteiger partial charge in [0.25, 0.3) is 5.91 Å². The van der Waals surface area contributed by atoms with Gasteiger partial charge < -0.3 is 15.7 Å². The number of rotatable bonds is 5. The number of aliphatic hydroxyl groups is 1. The van der Waals surface area contributed by atoms with Crippen LogP contribution in [-0.4, -0.2) is 34.7 Å². The number of carbonyl (C=O) groups excluding carboxylic acids is 1. The zero-order valence-corrected chi connectivity index (χ0v) is 14.8. The number of hydrogen-bond acceptors (Lipinski definition) is 4. The molecule has 26 heavy (non-hydrogen) atoms. The highest BCUT2D eigenvalue weighted by Gasteiger charge is 2.35. The van der Waals surface area contributed by atoms with Crippen LogP contribution in [0.25, 0.3) is 0 Å². The van der Waals surface area contributed by atoms with Crippen molar-refractivity contribution in [1.29, 1.82) is 0 Å². The molecule has 5 nitrogen and oxygen atoms in total. The SMILES string of the molecule is O=C(N[C@H](Cc1ccncc1)C1CC(O)C1)c1cccc2c1NCCC2. The predicted molar refractivity (Wildman–Crippen MR) is 101 cm³/mol. The van der Waals surface area contributed by atoms with Crippen molar-refractivity contribution < 1.29 is 9.90 Å². The van der Waals surface area contributed by atoms with E-state index in [2.05, 4.69) is 21.7 Å². The molecule has 0 saturated heterocycles. The van der Waals surface area contributed by atoms with Gasteiger partial charge in [-0.2, -0.15) is 0 Å². The molecule has 0 radical (unpaired) electrons. The largest absolute Gasteiger partial charge is 0.393 e. The Morgan fingerprint density at radius 3 is 2.85 bits per heavy atom. The lowest BCUT2D eigenvalue weighted by molar-refractivity contribution is 0.0239. The lowest BCUT2D eigenvalue weighted by Gasteiger charge is -2.38. The highest BCUT2D eigenvalue weighted by atomic mass is 16.3. The second-order valence-corrected chi connectivity index (χ2v) is 7.39. The molecule has 2 aromatic rings. The van der Waals surface area contributed by atoms with Crippen molar-refractivity contribution in [1.82, 2.24) is 10.3 Å². The third-order valence-electron chi connectivity index (χ3n) is 5.56. The molecule has 1 atom stereocenters. The Morgan fingerprint density at radius 2 is 2.08 bits per heavy atom. The molecule has 1 fully saturated rings. The Hall–Kier alpha value is -2.40. The van der Waals surface area contributed by atoms with E-state index in [0.717, 1.165) is 55.5 Å². The summed E-state index contributed by atoms with van der Waals surface area (Å²) in [6.45, 7) is 0.909. The Morgan fingerprint density at radius 1 is 1.27 bits per heavy atom. The summed E-state index contributed by atoms with van der Waals surface area (Å²) in [5.74, 6) is 0.284. The summed E-state index contributed by atoms with van der Waals surface area (Å²) in [6.07, 6.45) is 7.70. The van der Waals surface area contributed by atoms with Crippen LogP contribution in [0.1, 0.15) is 40.7 Å². The molecule has 1 saturated carbocycles. The molecular formula is C21H25N3O2. The number of aryl methyl sites for hydroxylation is 1. The predicted octanol–water partition coefficient (Wildman–Crippen LogP) is 2.55. The summed E-state index contributed by atoms with van der Waals surface area (Å²) in [4.78, 5) is 17.1. The number of carbonyl (C=O) groups is 1. The second kappa shape index (κ2) is 7.46. The van der Waals surface area contributed by atoms with Crippen LogP contribution in [0.3, 0.4) is 0 Å². The minimum atomic E-state index is -0.233. The fourth-order valence-corrected chi connectivity index (χ4v) is 4.01. The van der Waals surface area contributed by atoms with Gasteiger partial charge in [-0.05, 0) is 67.3 Å². The third kappa shape index (κ3) is 3.58. The molecule has 1 aromatic carbocycles. The van der Waals surface area contributed by atoms with Crippen molar-refractivity contribution in [2.75, 3.05) is 11.9 Å². The molecule has 0 unspecified atom stereocenters. The van der Waals surface area contributed by atoms with Crippen molar-refractivity contribution in [3.05, 3.63) is 59.4 Å². The fourth-order valence-electron chi connectivity index (χ4n) is 4.01. The number of pyridine rings is 1. The minimum Gasteiger partial charge on any atom is -0.393 e. The van der Waals surface area contributed by atoms with Gasteiger partial charge in [0, 0.05) is 25.0 Å². The van der Waals surface area contributed by atoms with Gasteiger partial charge in [-0.15, -0.1) is 0 Å². The Kier molecular flexibility index (Phi) is 4.89. The summed E-state index contributed by atoms with van der Waals surface area (Å²) >= 11 is 0. The topological polar surface area (TPSA) is 74.2 Å². The summed E-state index contributed by atoms with van der Waals surface area (Å²) in [7, 11) is 0. The van der Waals surface area contributed by atoms with Crippen LogP contribution >= 0.6 is 0 Å². The van der Waals surface area contributed by atoms with E-state index < -0.39 is 0 Å². The summed E-state index contributed by atoms with van der Waals surface area (Å²) < 4.78 is 0. The standard InChI is InChI=1S/C21H25N3O2/c25-17-12-16(13-17)19(11-14-6-9-22-10-7-14)24-21(26)18-5-1-3-15-4-2-8-23-20(15)18/h1,3,5-7,9-10,16-17,19,23,25H,2,4,8,11-13H2,(H,24,26)/t16?,17?,19-/m1/s1. The average Bonchev–Trinajstić information content (AvgIpc) is 2.65. The van der Waals surface area contributed by atoms with Crippen LogP contribution in [0.5, 0.6) is 0 Å². The Balaban J connectivity index is 1.53. The molecule has 1 aliphatic heterocycles. The van der Waals surface area contributed by atoms with Gasteiger partial charge >= 0.3 is 0 Å². The van der Waals surface area contributed by atoms with Crippen LogP contribution in [0.4, 0.5) is 5.69 Å². The molecule has 1 amide bonds. The van der Waals surface area contributed by atoms with Crippen molar-refractivity contribution >= 4 is 11.6 Å². The molecule has 1 aromatic heterocycles. The maximum atomic E-state index is 13.0. The van der Waals surface area contributed by atoms with E-state index in [0.29, 0.717) is 5.92 Å². The number of amides is 1. The molecule has 2 aliphatic rings. The van der Waals surface area contributed by atoms with Crippen LogP contribution < -0.4 is 10.6 Å². The number of aliphatic hydroxyl groups excluding tert-OH is 1. The van der Waals surface area contributed by atoms with Gasteiger partial charge in [0.15, 0.2) is 0 Å². The van der Waals surface area contributed by atoms with Crippen LogP contribution in [0.2, 0.25) is 0 Å². The average molecular weight is 351 g/mol. The van der Waals surface area contributed by atoms with E-state index in [4.69, 9.17) is 0 Å². The maximum absolute atomic E-state index is 13.0. The van der Waals surface area contributed by atoms with E-state index in [-0.39, 0.29) is 18.1 Å². The molecule has 1 aliphatic carbocycles. The van der Waals surface area contributed by atoms with Crippen LogP contribution in [0.15, 0.2) is 42.7 Å². The van der Waals surface area contributed by atoms with E-state index in [1.165, 1.54) is 5.56 Å². The van der Waals surface area contributed by atoms with Gasteiger partial charge in [0.05, 0.1) is 17.4 Å². The summed E-state index contributed by atoms with van der Waals surface area (Å²) in [6, 6.07) is 9.94. The van der Waals surface area contributed by atoms with E-state index in [1.807, 2.05) is 24.3 Å². The number of nitrogens with one attached hydrogen (secondary N) is 2. The first-order chi connectivity index (χ1) is 12.7. The monoisotopic (exact) mass is 351 g/mol. The fraction of sp³-hybridized carbons (Fsp3) is 0.429. The third-order valence-corrected chi connectivity index (χ3v) is 5.56. The second-order valence-electron chi connectivity index (χ2n) is 7.39. The minimum absolute atomic E-state index is 0.0211. The summed E-state index contributed by atoms with van der Waals surface area (Å²) in [5, 5.41) is 16.3. The molecular weight excluding hydrogens is 326 g/mol. The lowest BCUT2D eigenvalue weighted by Crippen LogP contribution is -2.48. The first kappa shape index (κ1) is 17.0. The molecule has 2 heterocycles. The van der Waals surface area contributed by atoms with Crippen LogP contribution in [0, 0.1) is 5.92 Å². The number of benzene rings is 1. The van der Waals surface area contributed by atoms with E-state index in [9.17, 15) is 9.90 Å². The number of nitrogens with zero attached hydrogens (tertiary/aromatic N) is 1. The maximum Gasteiger partial charge on any atom is 0.253 e. The van der Waals surface area contributed by atoms with Gasteiger partial charge in [-0.25, -0.2) is 0 Å². The van der Waals surface area contributed by atoms with Crippen molar-refractivity contribution in [3.63, 3.8) is 0 Å². The quantitative estimate of drug-likeness (QED) is 0.774. The zero-order chi connectivity index (χ0) is 17.9. The van der Waals surface area contributed by atoms with Crippen LogP contribution in [-0.2, 0) is 12.8 Å². The zero-order valence-electron chi connectivity index (χ0n) is 14.8. The molecule has 0 bridgehead atoms. The highest BCUT2D eigenvalue weighted by molar-refractivity contribution is 6.00. The van der Waals surface area contributed by atoms with E-state index >= 15 is 0 Å². The molecule has 5 heteroatoms. The number of para-hydroxylation sites is 1. The van der Waals surface area contributed by atoms with E-state index in [1.54, 1.807) is 12.4 Å². The van der Waals surface area contributed by atoms with Crippen molar-refractivity contribution in [3.8, 4) is 0 Å². The number of aromatic nitrogens is 1. The number of hydrogen-bond donors (Lipinski definition) is 3. The molecule has 4 rings (SSSR count). The van der Waals surface area contributed by atoms with Gasteiger partial charge in [-0.3, -0.25) is 9.78 Å². The Labute approximate surface area is 153 Å². The molecule has 0 spiro atoms. The van der Waals surface area contributed by atoms with Gasteiger partial charge in [-0.1, -0.05) is 12.1 Å². The Bertz CT molecular complexity index is 772.